The molecular formula is C50H67N5O7. The van der Waals surface area contributed by atoms with E-state index in [2.05, 4.69) is 50.4 Å². The molecule has 3 aliphatic rings. The van der Waals surface area contributed by atoms with Crippen molar-refractivity contribution in [2.24, 2.45) is 22.2 Å². The van der Waals surface area contributed by atoms with Crippen molar-refractivity contribution in [2.75, 3.05) is 52.9 Å². The Morgan fingerprint density at radius 2 is 1.90 bits per heavy atom. The molecule has 2 saturated carbocycles. The third-order valence-electron chi connectivity index (χ3n) is 12.9. The number of guanidine groups is 1. The van der Waals surface area contributed by atoms with Crippen LogP contribution in [0.5, 0.6) is 23.0 Å². The molecule has 0 aromatic heterocycles. The first kappa shape index (κ1) is 46.4. The number of methoxy groups -OCH3 is 1. The maximum absolute atomic E-state index is 14.3. The number of ketones is 1. The number of likely N-dealkylation sites (N-methyl/N-ethyl adjacent to an activating group) is 1. The van der Waals surface area contributed by atoms with Gasteiger partial charge in [0.2, 0.25) is 5.96 Å². The molecule has 6 rings (SSSR count). The number of benzene rings is 3. The van der Waals surface area contributed by atoms with Crippen LogP contribution in [-0.4, -0.2) is 86.4 Å². The number of carbonyl (C=O) groups is 1. The second-order valence-corrected chi connectivity index (χ2v) is 17.3. The Bertz CT molecular complexity index is 2050. The van der Waals surface area contributed by atoms with E-state index in [1.165, 1.54) is 12.7 Å². The fourth-order valence-corrected chi connectivity index (χ4v) is 9.62. The van der Waals surface area contributed by atoms with Crippen molar-refractivity contribution in [1.82, 2.24) is 16.0 Å². The standard InChI is InChI=1S/C50H67N5O7/c1-51-34-49(25-22-37(31-49)23-27-61-35-53-33-41(56)18-9-15-36-12-5-4-6-13-36)62-45-29-38-14-7-8-19-46(58)50(32-39-20-21-43(57)44(30-39)60-3)24-10-16-40(50)17-11-26-54-48(52-2)55-42(28-38)47(45)59/h4-6,8,12-13,19-21,28-30,37,40-41,51,53,56-57,59H,7,9-10,14-18,22-25,27,31-35H2,1-3H3,(H2,52,54,55)/b19-8+/t37-,40+,41-,49-,50-/m1/s1. The lowest BCUT2D eigenvalue weighted by Crippen LogP contribution is -2.42. The van der Waals surface area contributed by atoms with E-state index >= 15 is 0 Å². The summed E-state index contributed by atoms with van der Waals surface area (Å²) in [7, 11) is 5.11. The highest BCUT2D eigenvalue weighted by Crippen LogP contribution is 2.49. The molecule has 5 atom stereocenters. The van der Waals surface area contributed by atoms with Crippen molar-refractivity contribution in [3.63, 3.8) is 0 Å². The van der Waals surface area contributed by atoms with Gasteiger partial charge in [-0.15, -0.1) is 0 Å². The Morgan fingerprint density at radius 1 is 1.05 bits per heavy atom. The lowest BCUT2D eigenvalue weighted by Gasteiger charge is -2.33. The van der Waals surface area contributed by atoms with Crippen LogP contribution in [0.15, 0.2) is 77.8 Å². The molecule has 334 valence electrons. The zero-order valence-electron chi connectivity index (χ0n) is 36.8. The third-order valence-corrected chi connectivity index (χ3v) is 12.9. The summed E-state index contributed by atoms with van der Waals surface area (Å²) in [6.45, 7) is 2.11. The zero-order chi connectivity index (χ0) is 43.8. The Kier molecular flexibility index (Phi) is 17.1. The van der Waals surface area contributed by atoms with Crippen molar-refractivity contribution in [3.8, 4) is 35.0 Å². The molecule has 0 spiro atoms. The summed E-state index contributed by atoms with van der Waals surface area (Å²) >= 11 is 0. The summed E-state index contributed by atoms with van der Waals surface area (Å²) in [5.74, 6) is 5.02. The van der Waals surface area contributed by atoms with Gasteiger partial charge in [0.1, 0.15) is 5.60 Å². The summed E-state index contributed by atoms with van der Waals surface area (Å²) in [4.78, 5) is 18.7. The van der Waals surface area contributed by atoms with Gasteiger partial charge in [-0.25, -0.2) is 0 Å². The van der Waals surface area contributed by atoms with Gasteiger partial charge in [-0.05, 0) is 143 Å². The number of aryl methyl sites for hydroxylation is 2. The average Bonchev–Trinajstić information content (AvgIpc) is 3.87. The maximum Gasteiger partial charge on any atom is 0.207 e. The van der Waals surface area contributed by atoms with E-state index in [9.17, 15) is 20.1 Å². The van der Waals surface area contributed by atoms with E-state index in [1.54, 1.807) is 19.2 Å². The van der Waals surface area contributed by atoms with Gasteiger partial charge in [0.25, 0.3) is 0 Å². The number of hydrogen-bond donors (Lipinski definition) is 7. The Balaban J connectivity index is 1.09. The van der Waals surface area contributed by atoms with E-state index in [-0.39, 0.29) is 23.2 Å². The fourth-order valence-electron chi connectivity index (χ4n) is 9.62. The van der Waals surface area contributed by atoms with E-state index < -0.39 is 17.1 Å². The smallest absolute Gasteiger partial charge is 0.207 e. The van der Waals surface area contributed by atoms with Crippen LogP contribution in [0.25, 0.3) is 0 Å². The highest BCUT2D eigenvalue weighted by atomic mass is 16.5. The molecule has 2 aliphatic carbocycles. The summed E-state index contributed by atoms with van der Waals surface area (Å²) < 4.78 is 18.2. The van der Waals surface area contributed by atoms with Crippen molar-refractivity contribution in [3.05, 3.63) is 89.5 Å². The molecule has 0 saturated heterocycles. The number of phenolic OH excluding ortho intramolecular Hbond substituents is 2. The topological polar surface area (TPSA) is 166 Å². The molecule has 0 radical (unpaired) electrons. The van der Waals surface area contributed by atoms with Crippen LogP contribution in [0.1, 0.15) is 87.3 Å². The highest BCUT2D eigenvalue weighted by Gasteiger charge is 2.47. The van der Waals surface area contributed by atoms with Crippen molar-refractivity contribution >= 4 is 17.4 Å². The van der Waals surface area contributed by atoms with E-state index in [1.807, 2.05) is 55.6 Å². The van der Waals surface area contributed by atoms with Crippen LogP contribution >= 0.6 is 0 Å². The normalized spacial score (nSPS) is 24.3. The number of nitrogens with zero attached hydrogens (tertiary/aromatic N) is 1. The second-order valence-electron chi connectivity index (χ2n) is 17.3. The molecule has 0 unspecified atom stereocenters. The number of aromatic hydroxyl groups is 2. The molecule has 12 heteroatoms. The average molecular weight is 850 g/mol. The van der Waals surface area contributed by atoms with Gasteiger partial charge in [-0.2, -0.15) is 0 Å². The van der Waals surface area contributed by atoms with Crippen molar-refractivity contribution in [2.45, 2.75) is 102 Å². The number of rotatable bonds is 18. The summed E-state index contributed by atoms with van der Waals surface area (Å²) in [6.07, 6.45) is 14.3. The number of aliphatic hydroxyl groups excluding tert-OH is 1. The molecule has 3 aromatic rings. The molecule has 62 heavy (non-hydrogen) atoms. The van der Waals surface area contributed by atoms with Gasteiger partial charge in [-0.3, -0.25) is 20.4 Å². The third kappa shape index (κ3) is 12.5. The molecule has 0 amide bonds. The predicted molar refractivity (Wildman–Crippen MR) is 245 cm³/mol. The number of carbonyl (C=O) groups excluding carboxylic acids is 1. The molecule has 1 aliphatic heterocycles. The van der Waals surface area contributed by atoms with Crippen LogP contribution in [0.4, 0.5) is 5.69 Å². The molecule has 1 heterocycles. The quantitative estimate of drug-likeness (QED) is 0.0305. The Hall–Kier alpha value is -5.06. The lowest BCUT2D eigenvalue weighted by atomic mass is 9.69. The van der Waals surface area contributed by atoms with Crippen LogP contribution in [0, 0.1) is 29.2 Å². The molecule has 12 nitrogen and oxygen atoms in total. The minimum atomic E-state index is -0.632. The summed E-state index contributed by atoms with van der Waals surface area (Å²) in [5.41, 5.74) is 2.46. The first-order valence-corrected chi connectivity index (χ1v) is 22.4. The summed E-state index contributed by atoms with van der Waals surface area (Å²) in [5, 5.41) is 45.3. The summed E-state index contributed by atoms with van der Waals surface area (Å²) in [6, 6.07) is 22.5. The minimum Gasteiger partial charge on any atom is -0.504 e. The number of phenols is 2. The fraction of sp³-hybridized carbons (Fsp3) is 0.520. The van der Waals surface area contributed by atoms with Gasteiger partial charge in [0.15, 0.2) is 28.8 Å². The number of aliphatic imine (C=N–C) groups is 1. The Labute approximate surface area is 367 Å². The van der Waals surface area contributed by atoms with E-state index in [0.29, 0.717) is 81.2 Å². The SMILES string of the molecule is CN=C1NC#CC[C@@H]2CCC[C@]2(Cc2ccc(O)c(OC)c2)C(=O)/C=C/CCc2cc(c(O)c(O[C@]3(CNC)CC[C@H](CCOCNC[C@H](O)CCCc4ccccc4)C3)c2)N1. The predicted octanol–water partition coefficient (Wildman–Crippen LogP) is 7.02. The van der Waals surface area contributed by atoms with Gasteiger partial charge in [-0.1, -0.05) is 54.8 Å². The first-order valence-electron chi connectivity index (χ1n) is 22.4. The number of fused-ring (bicyclic) bond motifs is 3. The van der Waals surface area contributed by atoms with Gasteiger partial charge in [0, 0.05) is 44.6 Å². The van der Waals surface area contributed by atoms with Gasteiger partial charge in [0.05, 0.1) is 25.6 Å². The van der Waals surface area contributed by atoms with E-state index in [0.717, 1.165) is 75.3 Å². The van der Waals surface area contributed by atoms with Crippen LogP contribution in [0.3, 0.4) is 0 Å². The lowest BCUT2D eigenvalue weighted by molar-refractivity contribution is -0.125. The number of hydrogen-bond acceptors (Lipinski definition) is 10. The van der Waals surface area contributed by atoms with Crippen LogP contribution < -0.4 is 30.7 Å². The van der Waals surface area contributed by atoms with Gasteiger partial charge < -0.3 is 40.2 Å². The molecule has 7 N–H and O–H groups in total. The number of nitrogens with one attached hydrogen (secondary N) is 4. The first-order chi connectivity index (χ1) is 30.2. The zero-order valence-corrected chi connectivity index (χ0v) is 36.8. The highest BCUT2D eigenvalue weighted by molar-refractivity contribution is 5.97. The molecule has 3 aromatic carbocycles. The van der Waals surface area contributed by atoms with E-state index in [4.69, 9.17) is 14.2 Å². The number of allylic oxidation sites excluding steroid dienone is 2. The molecule has 2 bridgehead atoms. The molecule has 2 fully saturated rings. The second kappa shape index (κ2) is 22.9. The Morgan fingerprint density at radius 3 is 2.71 bits per heavy atom. The van der Waals surface area contributed by atoms with Crippen LogP contribution in [-0.2, 0) is 28.8 Å². The van der Waals surface area contributed by atoms with Crippen molar-refractivity contribution in [1.29, 1.82) is 0 Å². The number of aliphatic hydroxyl groups is 1. The monoisotopic (exact) mass is 850 g/mol. The van der Waals surface area contributed by atoms with Crippen LogP contribution in [0.2, 0.25) is 0 Å². The minimum absolute atomic E-state index is 0.00585. The van der Waals surface area contributed by atoms with Crippen molar-refractivity contribution < 1.29 is 34.3 Å². The number of anilines is 1. The largest absolute Gasteiger partial charge is 0.504 e. The maximum atomic E-state index is 14.3. The number of ether oxygens (including phenoxy) is 3. The van der Waals surface area contributed by atoms with Gasteiger partial charge >= 0.3 is 0 Å². The molecular weight excluding hydrogens is 783 g/mol.